The van der Waals surface area contributed by atoms with E-state index in [9.17, 15) is 4.39 Å². The van der Waals surface area contributed by atoms with E-state index in [4.69, 9.17) is 5.73 Å². The highest BCUT2D eigenvalue weighted by atomic mass is 79.9. The molecule has 2 aromatic rings. The number of rotatable bonds is 3. The SMILES string of the molecule is Cc1nn(C)cc1C(N)Cc1cc(F)ccc1Br. The van der Waals surface area contributed by atoms with Crippen molar-refractivity contribution in [1.82, 2.24) is 9.78 Å². The topological polar surface area (TPSA) is 43.8 Å². The van der Waals surface area contributed by atoms with Crippen LogP contribution in [0.5, 0.6) is 0 Å². The van der Waals surface area contributed by atoms with Crippen LogP contribution in [0.1, 0.15) is 22.9 Å². The number of nitrogens with two attached hydrogens (primary N) is 1. The van der Waals surface area contributed by atoms with Crippen LogP contribution in [-0.2, 0) is 13.5 Å². The van der Waals surface area contributed by atoms with Crippen molar-refractivity contribution in [3.05, 3.63) is 51.5 Å². The van der Waals surface area contributed by atoms with Gasteiger partial charge in [-0.05, 0) is 37.1 Å². The van der Waals surface area contributed by atoms with Gasteiger partial charge in [0.25, 0.3) is 0 Å². The molecule has 18 heavy (non-hydrogen) atoms. The van der Waals surface area contributed by atoms with Crippen LogP contribution >= 0.6 is 15.9 Å². The van der Waals surface area contributed by atoms with Gasteiger partial charge in [-0.3, -0.25) is 4.68 Å². The van der Waals surface area contributed by atoms with Crippen molar-refractivity contribution in [2.45, 2.75) is 19.4 Å². The average Bonchev–Trinajstić information content (AvgIpc) is 2.63. The van der Waals surface area contributed by atoms with Gasteiger partial charge in [0.15, 0.2) is 0 Å². The summed E-state index contributed by atoms with van der Waals surface area (Å²) in [7, 11) is 1.86. The van der Waals surface area contributed by atoms with E-state index in [-0.39, 0.29) is 11.9 Å². The van der Waals surface area contributed by atoms with E-state index in [2.05, 4.69) is 21.0 Å². The van der Waals surface area contributed by atoms with Crippen molar-refractivity contribution < 1.29 is 4.39 Å². The first-order valence-electron chi connectivity index (χ1n) is 5.67. The largest absolute Gasteiger partial charge is 0.324 e. The van der Waals surface area contributed by atoms with Gasteiger partial charge in [-0.1, -0.05) is 15.9 Å². The molecule has 0 aliphatic carbocycles. The van der Waals surface area contributed by atoms with Gasteiger partial charge in [0.1, 0.15) is 5.82 Å². The quantitative estimate of drug-likeness (QED) is 0.947. The molecule has 1 unspecified atom stereocenters. The number of hydrogen-bond donors (Lipinski definition) is 1. The van der Waals surface area contributed by atoms with Gasteiger partial charge >= 0.3 is 0 Å². The summed E-state index contributed by atoms with van der Waals surface area (Å²) in [5, 5.41) is 4.26. The zero-order valence-electron chi connectivity index (χ0n) is 10.3. The summed E-state index contributed by atoms with van der Waals surface area (Å²) in [6.07, 6.45) is 2.48. The molecule has 0 saturated heterocycles. The minimum atomic E-state index is -0.247. The molecule has 2 N–H and O–H groups in total. The van der Waals surface area contributed by atoms with Crippen LogP contribution in [0.2, 0.25) is 0 Å². The minimum Gasteiger partial charge on any atom is -0.324 e. The Labute approximate surface area is 114 Å². The van der Waals surface area contributed by atoms with Crippen molar-refractivity contribution in [1.29, 1.82) is 0 Å². The first kappa shape index (κ1) is 13.2. The number of halogens is 2. The van der Waals surface area contributed by atoms with Gasteiger partial charge < -0.3 is 5.73 Å². The number of aryl methyl sites for hydroxylation is 2. The van der Waals surface area contributed by atoms with Crippen LogP contribution in [0.15, 0.2) is 28.9 Å². The first-order chi connectivity index (χ1) is 8.47. The Hall–Kier alpha value is -1.20. The molecule has 3 nitrogen and oxygen atoms in total. The molecular formula is C13H15BrFN3. The molecule has 2 rings (SSSR count). The second-order valence-corrected chi connectivity index (χ2v) is 5.24. The Kier molecular flexibility index (Phi) is 3.82. The molecule has 0 amide bonds. The van der Waals surface area contributed by atoms with Gasteiger partial charge in [-0.2, -0.15) is 5.10 Å². The fraction of sp³-hybridized carbons (Fsp3) is 0.308. The van der Waals surface area contributed by atoms with E-state index in [1.54, 1.807) is 10.7 Å². The molecule has 1 aromatic heterocycles. The van der Waals surface area contributed by atoms with E-state index in [0.717, 1.165) is 21.3 Å². The van der Waals surface area contributed by atoms with Crippen LogP contribution in [0, 0.1) is 12.7 Å². The molecule has 0 fully saturated rings. The molecule has 0 radical (unpaired) electrons. The third-order valence-corrected chi connectivity index (χ3v) is 3.67. The van der Waals surface area contributed by atoms with E-state index >= 15 is 0 Å². The highest BCUT2D eigenvalue weighted by Gasteiger charge is 2.14. The fourth-order valence-electron chi connectivity index (χ4n) is 2.03. The molecular weight excluding hydrogens is 297 g/mol. The Morgan fingerprint density at radius 2 is 2.22 bits per heavy atom. The normalized spacial score (nSPS) is 12.7. The zero-order valence-corrected chi connectivity index (χ0v) is 11.9. The molecule has 1 heterocycles. The lowest BCUT2D eigenvalue weighted by atomic mass is 10.0. The second-order valence-electron chi connectivity index (χ2n) is 4.39. The standard InChI is InChI=1S/C13H15BrFN3/c1-8-11(7-18(2)17-8)13(16)6-9-5-10(15)3-4-12(9)14/h3-5,7,13H,6,16H2,1-2H3. The Morgan fingerprint density at radius 3 is 2.83 bits per heavy atom. The van der Waals surface area contributed by atoms with Gasteiger partial charge in [0.2, 0.25) is 0 Å². The molecule has 0 bridgehead atoms. The Balaban J connectivity index is 2.23. The van der Waals surface area contributed by atoms with E-state index < -0.39 is 0 Å². The fourth-order valence-corrected chi connectivity index (χ4v) is 2.44. The highest BCUT2D eigenvalue weighted by Crippen LogP contribution is 2.24. The van der Waals surface area contributed by atoms with Gasteiger partial charge in [0.05, 0.1) is 5.69 Å². The number of aromatic nitrogens is 2. The molecule has 0 aliphatic rings. The predicted molar refractivity (Wildman–Crippen MR) is 72.7 cm³/mol. The van der Waals surface area contributed by atoms with E-state index in [1.165, 1.54) is 12.1 Å². The van der Waals surface area contributed by atoms with Crippen molar-refractivity contribution in [3.63, 3.8) is 0 Å². The maximum absolute atomic E-state index is 13.2. The van der Waals surface area contributed by atoms with Crippen LogP contribution in [0.25, 0.3) is 0 Å². The third kappa shape index (κ3) is 2.79. The van der Waals surface area contributed by atoms with Crippen LogP contribution in [0.4, 0.5) is 4.39 Å². The second kappa shape index (κ2) is 5.20. The summed E-state index contributed by atoms with van der Waals surface area (Å²) in [5.41, 5.74) is 8.94. The smallest absolute Gasteiger partial charge is 0.123 e. The summed E-state index contributed by atoms with van der Waals surface area (Å²) in [6, 6.07) is 4.45. The lowest BCUT2D eigenvalue weighted by Crippen LogP contribution is -2.14. The van der Waals surface area contributed by atoms with Crippen LogP contribution < -0.4 is 5.73 Å². The van der Waals surface area contributed by atoms with Crippen LogP contribution in [0.3, 0.4) is 0 Å². The summed E-state index contributed by atoms with van der Waals surface area (Å²) in [4.78, 5) is 0. The summed E-state index contributed by atoms with van der Waals surface area (Å²) in [5.74, 6) is -0.247. The van der Waals surface area contributed by atoms with Crippen molar-refractivity contribution in [2.75, 3.05) is 0 Å². The summed E-state index contributed by atoms with van der Waals surface area (Å²) >= 11 is 3.41. The number of benzene rings is 1. The number of hydrogen-bond acceptors (Lipinski definition) is 2. The number of nitrogens with zero attached hydrogens (tertiary/aromatic N) is 2. The van der Waals surface area contributed by atoms with E-state index in [0.29, 0.717) is 6.42 Å². The lowest BCUT2D eigenvalue weighted by molar-refractivity contribution is 0.621. The van der Waals surface area contributed by atoms with Crippen LogP contribution in [-0.4, -0.2) is 9.78 Å². The minimum absolute atomic E-state index is 0.184. The molecule has 96 valence electrons. The summed E-state index contributed by atoms with van der Waals surface area (Å²) in [6.45, 7) is 1.93. The maximum atomic E-state index is 13.2. The summed E-state index contributed by atoms with van der Waals surface area (Å²) < 4.78 is 15.8. The van der Waals surface area contributed by atoms with Crippen molar-refractivity contribution in [3.8, 4) is 0 Å². The molecule has 1 aromatic carbocycles. The predicted octanol–water partition coefficient (Wildman–Crippen LogP) is 2.87. The molecule has 0 spiro atoms. The zero-order chi connectivity index (χ0) is 13.3. The van der Waals surface area contributed by atoms with Gasteiger partial charge in [0, 0.05) is 29.3 Å². The average molecular weight is 312 g/mol. The Morgan fingerprint density at radius 1 is 1.50 bits per heavy atom. The van der Waals surface area contributed by atoms with Gasteiger partial charge in [-0.15, -0.1) is 0 Å². The molecule has 5 heteroatoms. The first-order valence-corrected chi connectivity index (χ1v) is 6.46. The lowest BCUT2D eigenvalue weighted by Gasteiger charge is -2.12. The molecule has 0 saturated carbocycles. The maximum Gasteiger partial charge on any atom is 0.123 e. The highest BCUT2D eigenvalue weighted by molar-refractivity contribution is 9.10. The van der Waals surface area contributed by atoms with E-state index in [1.807, 2.05) is 20.2 Å². The van der Waals surface area contributed by atoms with Crippen molar-refractivity contribution >= 4 is 15.9 Å². The third-order valence-electron chi connectivity index (χ3n) is 2.90. The monoisotopic (exact) mass is 311 g/mol. The van der Waals surface area contributed by atoms with Gasteiger partial charge in [-0.25, -0.2) is 4.39 Å². The van der Waals surface area contributed by atoms with Crippen molar-refractivity contribution in [2.24, 2.45) is 12.8 Å². The Bertz CT molecular complexity index is 565. The molecule has 1 atom stereocenters. The molecule has 0 aliphatic heterocycles.